The van der Waals surface area contributed by atoms with Gasteiger partial charge in [0.25, 0.3) is 0 Å². The number of nitrogens with zero attached hydrogens (tertiary/aromatic N) is 1. The number of hydrogen-bond acceptors (Lipinski definition) is 8. The zero-order valence-corrected chi connectivity index (χ0v) is 30.8. The van der Waals surface area contributed by atoms with Gasteiger partial charge < -0.3 is 34.7 Å². The number of hydrogen-bond donors (Lipinski definition) is 3. The number of likely N-dealkylation sites (tertiary alicyclic amines) is 1. The van der Waals surface area contributed by atoms with Crippen LogP contribution in [0.3, 0.4) is 0 Å². The molecule has 2 fully saturated rings. The van der Waals surface area contributed by atoms with Crippen LogP contribution in [0.1, 0.15) is 60.0 Å². The van der Waals surface area contributed by atoms with E-state index in [4.69, 9.17) is 18.9 Å². The lowest BCUT2D eigenvalue weighted by Gasteiger charge is -2.43. The first-order chi connectivity index (χ1) is 25.8. The van der Waals surface area contributed by atoms with E-state index in [-0.39, 0.29) is 31.3 Å². The van der Waals surface area contributed by atoms with E-state index in [1.807, 2.05) is 78.9 Å². The lowest BCUT2D eigenvalue weighted by molar-refractivity contribution is -0.276. The fourth-order valence-electron chi connectivity index (χ4n) is 7.35. The highest BCUT2D eigenvalue weighted by Crippen LogP contribution is 2.42. The zero-order valence-electron chi connectivity index (χ0n) is 30.8. The van der Waals surface area contributed by atoms with Crippen molar-refractivity contribution < 1.29 is 33.6 Å². The number of aliphatic hydroxyl groups is 1. The third-order valence-electron chi connectivity index (χ3n) is 10.4. The van der Waals surface area contributed by atoms with Gasteiger partial charge in [0.15, 0.2) is 6.29 Å². The molecule has 4 aromatic rings. The molecule has 0 aromatic heterocycles. The molecule has 2 amide bonds. The molecule has 6 atom stereocenters. The van der Waals surface area contributed by atoms with Crippen molar-refractivity contribution in [1.82, 2.24) is 15.5 Å². The Morgan fingerprint density at radius 3 is 2.32 bits per heavy atom. The van der Waals surface area contributed by atoms with Crippen LogP contribution in [0.4, 0.5) is 4.79 Å². The molecular weight excluding hydrogens is 670 g/mol. The SMILES string of the molecule is COC[C@@H]1CCCN1C[C@@H]1O[C@H](c2ccc(-c3cccc(CNC(=O)N[C@@H](Cc4ccccc4)C(=O)OC)c3)cc2)O[C@H](c2ccc(CO)cc2)[C@@H]1C. The van der Waals surface area contributed by atoms with Gasteiger partial charge in [-0.25, -0.2) is 9.59 Å². The maximum atomic E-state index is 12.8. The Hall–Kier alpha value is -4.58. The maximum Gasteiger partial charge on any atom is 0.328 e. The largest absolute Gasteiger partial charge is 0.467 e. The zero-order chi connectivity index (χ0) is 37.2. The molecule has 0 aliphatic carbocycles. The number of esters is 1. The van der Waals surface area contributed by atoms with Gasteiger partial charge in [0.1, 0.15) is 6.04 Å². The molecule has 10 nitrogen and oxygen atoms in total. The van der Waals surface area contributed by atoms with Gasteiger partial charge >= 0.3 is 12.0 Å². The van der Waals surface area contributed by atoms with Crippen LogP contribution in [0.25, 0.3) is 11.1 Å². The standard InChI is InChI=1S/C43H51N3O7/c1-29-39(26-46-22-8-13-37(46)28-50-2)52-42(53-40(29)34-16-14-31(27-47)15-17-34)35-20-18-33(19-21-35)36-12-7-11-32(23-36)25-44-43(49)45-38(41(48)51-3)24-30-9-5-4-6-10-30/h4-7,9-12,14-21,23,29,37-40,42,47H,8,13,22,24-28H2,1-3H3,(H2,44,45,49)/t29-,37+,38+,39+,40+,42+/m1/s1. The molecule has 0 bridgehead atoms. The molecule has 0 unspecified atom stereocenters. The number of ether oxygens (including phenoxy) is 4. The second kappa shape index (κ2) is 18.4. The number of methoxy groups -OCH3 is 2. The Bertz CT molecular complexity index is 1770. The molecule has 2 aliphatic rings. The summed E-state index contributed by atoms with van der Waals surface area (Å²) in [6.07, 6.45) is 1.80. The average Bonchev–Trinajstić information content (AvgIpc) is 3.64. The molecule has 0 spiro atoms. The Balaban J connectivity index is 1.12. The summed E-state index contributed by atoms with van der Waals surface area (Å²) in [5, 5.41) is 15.2. The van der Waals surface area contributed by atoms with Crippen molar-refractivity contribution in [3.8, 4) is 11.1 Å². The molecule has 3 N–H and O–H groups in total. The number of carbonyl (C=O) groups is 2. The fourth-order valence-corrected chi connectivity index (χ4v) is 7.35. The van der Waals surface area contributed by atoms with Crippen molar-refractivity contribution in [2.45, 2.75) is 69.9 Å². The third kappa shape index (κ3) is 9.90. The second-order valence-electron chi connectivity index (χ2n) is 14.0. The monoisotopic (exact) mass is 721 g/mol. The minimum absolute atomic E-state index is 0.000670. The van der Waals surface area contributed by atoms with Gasteiger partial charge in [-0.1, -0.05) is 104 Å². The highest BCUT2D eigenvalue weighted by molar-refractivity contribution is 5.83. The molecule has 2 heterocycles. The minimum Gasteiger partial charge on any atom is -0.467 e. The Kier molecular flexibility index (Phi) is 13.3. The lowest BCUT2D eigenvalue weighted by Crippen LogP contribution is -2.47. The van der Waals surface area contributed by atoms with Crippen molar-refractivity contribution in [2.24, 2.45) is 5.92 Å². The lowest BCUT2D eigenvalue weighted by atomic mass is 9.89. The highest BCUT2D eigenvalue weighted by Gasteiger charge is 2.40. The van der Waals surface area contributed by atoms with Crippen LogP contribution in [-0.2, 0) is 43.3 Å². The molecule has 280 valence electrons. The van der Waals surface area contributed by atoms with Crippen molar-refractivity contribution in [2.75, 3.05) is 33.9 Å². The van der Waals surface area contributed by atoms with Crippen LogP contribution in [-0.4, -0.2) is 74.1 Å². The molecule has 2 saturated heterocycles. The molecule has 6 rings (SSSR count). The summed E-state index contributed by atoms with van der Waals surface area (Å²) in [7, 11) is 3.08. The first-order valence-corrected chi connectivity index (χ1v) is 18.4. The Morgan fingerprint density at radius 2 is 1.60 bits per heavy atom. The summed E-state index contributed by atoms with van der Waals surface area (Å²) in [6, 6.07) is 32.9. The number of aliphatic hydroxyl groups excluding tert-OH is 1. The summed E-state index contributed by atoms with van der Waals surface area (Å²) < 4.78 is 23.9. The van der Waals surface area contributed by atoms with E-state index in [1.165, 1.54) is 7.11 Å². The summed E-state index contributed by atoms with van der Waals surface area (Å²) >= 11 is 0. The first-order valence-electron chi connectivity index (χ1n) is 18.4. The molecular formula is C43H51N3O7. The summed E-state index contributed by atoms with van der Waals surface area (Å²) in [5.41, 5.74) is 6.72. The van der Waals surface area contributed by atoms with Crippen LogP contribution in [0.5, 0.6) is 0 Å². The summed E-state index contributed by atoms with van der Waals surface area (Å²) in [5.74, 6) is -0.402. The van der Waals surface area contributed by atoms with Gasteiger partial charge in [-0.2, -0.15) is 0 Å². The number of benzene rings is 4. The van der Waals surface area contributed by atoms with Crippen molar-refractivity contribution in [3.63, 3.8) is 0 Å². The topological polar surface area (TPSA) is 119 Å². The van der Waals surface area contributed by atoms with E-state index in [0.717, 1.165) is 64.9 Å². The van der Waals surface area contributed by atoms with Crippen LogP contribution in [0, 0.1) is 5.92 Å². The number of rotatable bonds is 14. The van der Waals surface area contributed by atoms with E-state index in [9.17, 15) is 14.7 Å². The van der Waals surface area contributed by atoms with Crippen molar-refractivity contribution >= 4 is 12.0 Å². The van der Waals surface area contributed by atoms with E-state index >= 15 is 0 Å². The first kappa shape index (κ1) is 38.2. The van der Waals surface area contributed by atoms with Crippen LogP contribution in [0.15, 0.2) is 103 Å². The molecule has 4 aromatic carbocycles. The van der Waals surface area contributed by atoms with Crippen molar-refractivity contribution in [3.05, 3.63) is 131 Å². The molecule has 53 heavy (non-hydrogen) atoms. The molecule has 10 heteroatoms. The third-order valence-corrected chi connectivity index (χ3v) is 10.4. The predicted molar refractivity (Wildman–Crippen MR) is 203 cm³/mol. The Morgan fingerprint density at radius 1 is 0.868 bits per heavy atom. The maximum absolute atomic E-state index is 12.8. The van der Waals surface area contributed by atoms with E-state index in [1.54, 1.807) is 7.11 Å². The normalized spacial score (nSPS) is 22.2. The summed E-state index contributed by atoms with van der Waals surface area (Å²) in [4.78, 5) is 27.7. The van der Waals surface area contributed by atoms with Crippen LogP contribution in [0.2, 0.25) is 0 Å². The Labute approximate surface area is 312 Å². The molecule has 2 aliphatic heterocycles. The van der Waals surface area contributed by atoms with E-state index in [0.29, 0.717) is 19.1 Å². The molecule has 0 saturated carbocycles. The second-order valence-corrected chi connectivity index (χ2v) is 14.0. The fraction of sp³-hybridized carbons (Fsp3) is 0.395. The van der Waals surface area contributed by atoms with Gasteiger partial charge in [0.05, 0.1) is 32.5 Å². The van der Waals surface area contributed by atoms with Gasteiger partial charge in [-0.15, -0.1) is 0 Å². The number of urea groups is 1. The van der Waals surface area contributed by atoms with Gasteiger partial charge in [0, 0.05) is 44.1 Å². The van der Waals surface area contributed by atoms with Crippen molar-refractivity contribution in [1.29, 1.82) is 0 Å². The van der Waals surface area contributed by atoms with Crippen LogP contribution >= 0.6 is 0 Å². The van der Waals surface area contributed by atoms with Crippen LogP contribution < -0.4 is 10.6 Å². The van der Waals surface area contributed by atoms with Gasteiger partial charge in [-0.05, 0) is 58.8 Å². The van der Waals surface area contributed by atoms with Gasteiger partial charge in [0.2, 0.25) is 0 Å². The molecule has 0 radical (unpaired) electrons. The quantitative estimate of drug-likeness (QED) is 0.129. The number of nitrogens with one attached hydrogen (secondary N) is 2. The minimum atomic E-state index is -0.808. The smallest absolute Gasteiger partial charge is 0.328 e. The number of carbonyl (C=O) groups excluding carboxylic acids is 2. The average molecular weight is 722 g/mol. The summed E-state index contributed by atoms with van der Waals surface area (Å²) in [6.45, 7) is 5.02. The van der Waals surface area contributed by atoms with Gasteiger partial charge in [-0.3, -0.25) is 4.90 Å². The highest BCUT2D eigenvalue weighted by atomic mass is 16.7. The van der Waals surface area contributed by atoms with E-state index < -0.39 is 24.3 Å². The predicted octanol–water partition coefficient (Wildman–Crippen LogP) is 6.33. The number of amides is 2. The van der Waals surface area contributed by atoms with E-state index in [2.05, 4.69) is 46.7 Å².